The first kappa shape index (κ1) is 21.3. The van der Waals surface area contributed by atoms with Crippen molar-refractivity contribution >= 4 is 33.9 Å². The van der Waals surface area contributed by atoms with E-state index in [1.165, 1.54) is 6.08 Å². The number of carbonyl (C=O) groups excluding carboxylic acids is 2. The monoisotopic (exact) mass is 474 g/mol. The first-order valence-electron chi connectivity index (χ1n) is 10.4. The summed E-state index contributed by atoms with van der Waals surface area (Å²) < 4.78 is 12.5. The normalized spacial score (nSPS) is 35.8. The summed E-state index contributed by atoms with van der Waals surface area (Å²) in [7, 11) is 0. The number of hydrogen-bond acceptors (Lipinski definition) is 5. The molecule has 160 valence electrons. The third-order valence-electron chi connectivity index (χ3n) is 6.99. The molecule has 1 N–H and O–H groups in total. The van der Waals surface area contributed by atoms with Gasteiger partial charge in [-0.25, -0.2) is 4.79 Å². The van der Waals surface area contributed by atoms with Gasteiger partial charge in [0.05, 0.1) is 11.5 Å². The lowest BCUT2D eigenvalue weighted by atomic mass is 9.81. The highest BCUT2D eigenvalue weighted by atomic mass is 79.9. The molecule has 2 aliphatic carbocycles. The van der Waals surface area contributed by atoms with E-state index in [4.69, 9.17) is 9.47 Å². The number of ether oxygens (including phenoxy) is 2. The van der Waals surface area contributed by atoms with Gasteiger partial charge in [-0.1, -0.05) is 35.0 Å². The van der Waals surface area contributed by atoms with Crippen LogP contribution in [0, 0.1) is 17.8 Å². The van der Waals surface area contributed by atoms with Gasteiger partial charge in [-0.05, 0) is 68.0 Å². The van der Waals surface area contributed by atoms with Gasteiger partial charge in [0.25, 0.3) is 0 Å². The predicted molar refractivity (Wildman–Crippen MR) is 116 cm³/mol. The van der Waals surface area contributed by atoms with Crippen LogP contribution in [0.4, 0.5) is 0 Å². The molecular formula is C24H27BrO5. The van der Waals surface area contributed by atoms with Crippen LogP contribution in [0.3, 0.4) is 0 Å². The van der Waals surface area contributed by atoms with Gasteiger partial charge in [0, 0.05) is 22.4 Å². The molecule has 1 aliphatic heterocycles. The van der Waals surface area contributed by atoms with Crippen molar-refractivity contribution in [3.8, 4) is 0 Å². The minimum Gasteiger partial charge on any atom is -0.457 e. The maximum absolute atomic E-state index is 12.5. The third kappa shape index (κ3) is 3.87. The average Bonchev–Trinajstić information content (AvgIpc) is 3.13. The van der Waals surface area contributed by atoms with Crippen molar-refractivity contribution in [1.82, 2.24) is 0 Å². The van der Waals surface area contributed by atoms with Crippen LogP contribution in [-0.4, -0.2) is 34.9 Å². The number of fused-ring (bicyclic) bond motifs is 3. The first-order chi connectivity index (χ1) is 14.2. The summed E-state index contributed by atoms with van der Waals surface area (Å²) >= 11 is 3.39. The largest absolute Gasteiger partial charge is 0.457 e. The Bertz CT molecular complexity index is 914. The topological polar surface area (TPSA) is 72.8 Å². The summed E-state index contributed by atoms with van der Waals surface area (Å²) in [4.78, 5) is 24.7. The van der Waals surface area contributed by atoms with Crippen LogP contribution >= 0.6 is 15.9 Å². The van der Waals surface area contributed by atoms with E-state index >= 15 is 0 Å². The van der Waals surface area contributed by atoms with Crippen molar-refractivity contribution in [2.24, 2.45) is 17.8 Å². The van der Waals surface area contributed by atoms with E-state index < -0.39 is 17.7 Å². The van der Waals surface area contributed by atoms with E-state index in [-0.39, 0.29) is 29.8 Å². The highest BCUT2D eigenvalue weighted by Crippen LogP contribution is 2.52. The van der Waals surface area contributed by atoms with E-state index in [9.17, 15) is 14.7 Å². The van der Waals surface area contributed by atoms with E-state index in [1.54, 1.807) is 6.08 Å². The Morgan fingerprint density at radius 3 is 2.73 bits per heavy atom. The average molecular weight is 475 g/mol. The molecular weight excluding hydrogens is 448 g/mol. The SMILES string of the molecule is CC1=C2C(C[C@@H]1OC(=O)/C=C/c1ccc(Br)cc1)[C@](C)(O)CC[C@H]1[C@H](C)C(=O)O[C@H]21. The molecule has 0 spiro atoms. The Morgan fingerprint density at radius 2 is 2.03 bits per heavy atom. The number of benzene rings is 1. The maximum atomic E-state index is 12.5. The van der Waals surface area contributed by atoms with Crippen LogP contribution in [0.25, 0.3) is 6.08 Å². The van der Waals surface area contributed by atoms with E-state index in [0.717, 1.165) is 27.6 Å². The number of halogens is 1. The molecule has 1 unspecified atom stereocenters. The summed E-state index contributed by atoms with van der Waals surface area (Å²) in [5.41, 5.74) is 1.85. The van der Waals surface area contributed by atoms with Crippen LogP contribution in [-0.2, 0) is 19.1 Å². The van der Waals surface area contributed by atoms with Crippen LogP contribution < -0.4 is 0 Å². The second kappa shape index (κ2) is 7.97. The number of rotatable bonds is 3. The Balaban J connectivity index is 1.54. The van der Waals surface area contributed by atoms with Gasteiger partial charge in [-0.3, -0.25) is 4.79 Å². The maximum Gasteiger partial charge on any atom is 0.331 e. The summed E-state index contributed by atoms with van der Waals surface area (Å²) in [6, 6.07) is 7.63. The quantitative estimate of drug-likeness (QED) is 0.398. The molecule has 6 heteroatoms. The number of hydrogen-bond donors (Lipinski definition) is 1. The smallest absolute Gasteiger partial charge is 0.331 e. The molecule has 1 aromatic rings. The Hall–Kier alpha value is -1.92. The van der Waals surface area contributed by atoms with Gasteiger partial charge in [-0.2, -0.15) is 0 Å². The van der Waals surface area contributed by atoms with Crippen LogP contribution in [0.1, 0.15) is 45.6 Å². The van der Waals surface area contributed by atoms with Crippen LogP contribution in [0.2, 0.25) is 0 Å². The van der Waals surface area contributed by atoms with Crippen molar-refractivity contribution in [2.75, 3.05) is 0 Å². The minimum absolute atomic E-state index is 0.0608. The van der Waals surface area contributed by atoms with Crippen molar-refractivity contribution in [1.29, 1.82) is 0 Å². The minimum atomic E-state index is -0.915. The van der Waals surface area contributed by atoms with Crippen molar-refractivity contribution in [2.45, 2.75) is 57.8 Å². The molecule has 1 heterocycles. The molecule has 0 aromatic heterocycles. The molecule has 4 rings (SSSR count). The van der Waals surface area contributed by atoms with Gasteiger partial charge < -0.3 is 14.6 Å². The molecule has 1 saturated carbocycles. The third-order valence-corrected chi connectivity index (χ3v) is 7.52. The standard InChI is InChI=1S/C24H27BrO5/c1-13-17-10-11-24(3,28)18-12-19(14(2)21(18)22(17)30-23(13)27)29-20(26)9-6-15-4-7-16(25)8-5-15/h4-9,13,17-19,22,28H,10-12H2,1-3H3/b9-6+/t13-,17-,18?,19-,22-,24+/m0/s1. The van der Waals surface area contributed by atoms with E-state index in [2.05, 4.69) is 15.9 Å². The van der Waals surface area contributed by atoms with Crippen LogP contribution in [0.15, 0.2) is 46.0 Å². The second-order valence-electron chi connectivity index (χ2n) is 8.94. The zero-order valence-electron chi connectivity index (χ0n) is 17.4. The van der Waals surface area contributed by atoms with Crippen LogP contribution in [0.5, 0.6) is 0 Å². The van der Waals surface area contributed by atoms with E-state index in [0.29, 0.717) is 12.8 Å². The fourth-order valence-corrected chi connectivity index (χ4v) is 5.39. The second-order valence-corrected chi connectivity index (χ2v) is 9.86. The lowest BCUT2D eigenvalue weighted by Crippen LogP contribution is -2.35. The summed E-state index contributed by atoms with van der Waals surface area (Å²) in [6.45, 7) is 5.68. The number of aliphatic hydroxyl groups is 1. The number of carbonyl (C=O) groups is 2. The summed E-state index contributed by atoms with van der Waals surface area (Å²) in [5.74, 6) is -0.902. The van der Waals surface area contributed by atoms with Gasteiger partial charge in [0.2, 0.25) is 0 Å². The molecule has 6 atom stereocenters. The highest BCUT2D eigenvalue weighted by Gasteiger charge is 2.55. The lowest BCUT2D eigenvalue weighted by molar-refractivity contribution is -0.143. The lowest BCUT2D eigenvalue weighted by Gasteiger charge is -2.31. The van der Waals surface area contributed by atoms with Gasteiger partial charge in [0.1, 0.15) is 12.2 Å². The molecule has 3 aliphatic rings. The van der Waals surface area contributed by atoms with Gasteiger partial charge in [0.15, 0.2) is 0 Å². The molecule has 5 nitrogen and oxygen atoms in total. The summed E-state index contributed by atoms with van der Waals surface area (Å²) in [6.07, 6.45) is 4.26. The molecule has 0 bridgehead atoms. The molecule has 2 fully saturated rings. The van der Waals surface area contributed by atoms with E-state index in [1.807, 2.05) is 45.0 Å². The Morgan fingerprint density at radius 1 is 1.33 bits per heavy atom. The predicted octanol–water partition coefficient (Wildman–Crippen LogP) is 4.43. The molecule has 0 radical (unpaired) electrons. The molecule has 30 heavy (non-hydrogen) atoms. The summed E-state index contributed by atoms with van der Waals surface area (Å²) in [5, 5.41) is 11.1. The van der Waals surface area contributed by atoms with Crippen molar-refractivity contribution < 1.29 is 24.2 Å². The first-order valence-corrected chi connectivity index (χ1v) is 11.2. The van der Waals surface area contributed by atoms with Gasteiger partial charge >= 0.3 is 11.9 Å². The van der Waals surface area contributed by atoms with Crippen molar-refractivity contribution in [3.63, 3.8) is 0 Å². The Labute approximate surface area is 185 Å². The molecule has 1 aromatic carbocycles. The highest BCUT2D eigenvalue weighted by molar-refractivity contribution is 9.10. The fraction of sp³-hybridized carbons (Fsp3) is 0.500. The number of esters is 2. The van der Waals surface area contributed by atoms with Gasteiger partial charge in [-0.15, -0.1) is 0 Å². The zero-order chi connectivity index (χ0) is 21.6. The fourth-order valence-electron chi connectivity index (χ4n) is 5.13. The molecule has 0 amide bonds. The molecule has 1 saturated heterocycles. The zero-order valence-corrected chi connectivity index (χ0v) is 19.0. The van der Waals surface area contributed by atoms with Crippen molar-refractivity contribution in [3.05, 3.63) is 51.5 Å². The Kier molecular flexibility index (Phi) is 5.66.